The van der Waals surface area contributed by atoms with Crippen molar-refractivity contribution in [2.45, 2.75) is 25.7 Å². The predicted octanol–water partition coefficient (Wildman–Crippen LogP) is 6.14. The summed E-state index contributed by atoms with van der Waals surface area (Å²) in [6, 6.07) is 11.5. The molecule has 0 amide bonds. The van der Waals surface area contributed by atoms with E-state index in [-0.39, 0.29) is 5.41 Å². The number of alkyl halides is 1. The molecule has 0 radical (unpaired) electrons. The van der Waals surface area contributed by atoms with Gasteiger partial charge in [-0.15, -0.1) is 11.6 Å². The highest BCUT2D eigenvalue weighted by molar-refractivity contribution is 6.37. The van der Waals surface area contributed by atoms with Crippen LogP contribution in [-0.4, -0.2) is 23.9 Å². The molecule has 134 valence electrons. The van der Waals surface area contributed by atoms with Crippen LogP contribution >= 0.6 is 34.8 Å². The standard InChI is InChI=1S/C19H20Cl3NO2/c1-19(2,14-6-4-13(5-7-14)12-23-24)15-10-16(21)18(17(22)11-15)25-9-3-8-20/h4-7,10-12,24H,3,8-9H2,1-2H3. The molecule has 0 saturated carbocycles. The number of rotatable bonds is 7. The van der Waals surface area contributed by atoms with Crippen LogP contribution in [0.15, 0.2) is 41.6 Å². The first kappa shape index (κ1) is 19.9. The van der Waals surface area contributed by atoms with E-state index in [0.717, 1.165) is 23.1 Å². The van der Waals surface area contributed by atoms with Crippen molar-refractivity contribution in [3.05, 3.63) is 63.1 Å². The summed E-state index contributed by atoms with van der Waals surface area (Å²) in [6.07, 6.45) is 2.11. The van der Waals surface area contributed by atoms with E-state index < -0.39 is 0 Å². The highest BCUT2D eigenvalue weighted by atomic mass is 35.5. The van der Waals surface area contributed by atoms with E-state index in [1.54, 1.807) is 0 Å². The Kier molecular flexibility index (Phi) is 7.00. The van der Waals surface area contributed by atoms with Gasteiger partial charge < -0.3 is 9.94 Å². The van der Waals surface area contributed by atoms with Crippen molar-refractivity contribution >= 4 is 41.0 Å². The lowest BCUT2D eigenvalue weighted by molar-refractivity contribution is 0.318. The third kappa shape index (κ3) is 4.81. The fourth-order valence-electron chi connectivity index (χ4n) is 2.51. The molecule has 3 nitrogen and oxygen atoms in total. The summed E-state index contributed by atoms with van der Waals surface area (Å²) in [5.41, 5.74) is 2.58. The van der Waals surface area contributed by atoms with Crippen LogP contribution in [0.5, 0.6) is 5.75 Å². The number of hydrogen-bond acceptors (Lipinski definition) is 3. The lowest BCUT2D eigenvalue weighted by atomic mass is 9.78. The van der Waals surface area contributed by atoms with Gasteiger partial charge in [-0.2, -0.15) is 0 Å². The Hall–Kier alpha value is -1.42. The van der Waals surface area contributed by atoms with Crippen molar-refractivity contribution in [2.75, 3.05) is 12.5 Å². The van der Waals surface area contributed by atoms with E-state index in [4.69, 9.17) is 44.7 Å². The first-order valence-corrected chi connectivity index (χ1v) is 9.15. The number of oxime groups is 1. The van der Waals surface area contributed by atoms with Crippen molar-refractivity contribution < 1.29 is 9.94 Å². The van der Waals surface area contributed by atoms with Gasteiger partial charge in [-0.1, -0.05) is 66.5 Å². The van der Waals surface area contributed by atoms with E-state index in [1.807, 2.05) is 36.4 Å². The van der Waals surface area contributed by atoms with Crippen molar-refractivity contribution in [3.8, 4) is 5.75 Å². The molecule has 0 heterocycles. The Morgan fingerprint density at radius 1 is 1.08 bits per heavy atom. The molecule has 1 N–H and O–H groups in total. The Labute approximate surface area is 163 Å². The summed E-state index contributed by atoms with van der Waals surface area (Å²) in [4.78, 5) is 0. The molecule has 0 spiro atoms. The molecule has 0 aliphatic carbocycles. The van der Waals surface area contributed by atoms with Gasteiger partial charge in [-0.3, -0.25) is 0 Å². The fraction of sp³-hybridized carbons (Fsp3) is 0.316. The topological polar surface area (TPSA) is 41.8 Å². The van der Waals surface area contributed by atoms with Crippen LogP contribution in [0.3, 0.4) is 0 Å². The summed E-state index contributed by atoms with van der Waals surface area (Å²) in [5, 5.41) is 12.6. The van der Waals surface area contributed by atoms with E-state index in [1.165, 1.54) is 6.21 Å². The second-order valence-corrected chi connectivity index (χ2v) is 7.34. The molecule has 0 fully saturated rings. The second kappa shape index (κ2) is 8.79. The minimum absolute atomic E-state index is 0.309. The maximum Gasteiger partial charge on any atom is 0.156 e. The molecule has 0 aromatic heterocycles. The quantitative estimate of drug-likeness (QED) is 0.199. The van der Waals surface area contributed by atoms with Crippen LogP contribution in [0, 0.1) is 0 Å². The van der Waals surface area contributed by atoms with Crippen LogP contribution < -0.4 is 4.74 Å². The maximum atomic E-state index is 8.61. The summed E-state index contributed by atoms with van der Waals surface area (Å²) < 4.78 is 5.64. The second-order valence-electron chi connectivity index (χ2n) is 6.15. The summed E-state index contributed by atoms with van der Waals surface area (Å²) >= 11 is 18.4. The molecule has 25 heavy (non-hydrogen) atoms. The molecular formula is C19H20Cl3NO2. The maximum absolute atomic E-state index is 8.61. The molecule has 0 bridgehead atoms. The average molecular weight is 401 g/mol. The molecule has 2 aromatic rings. The highest BCUT2D eigenvalue weighted by Crippen LogP contribution is 2.40. The number of halogens is 3. The van der Waals surface area contributed by atoms with Crippen LogP contribution in [0.2, 0.25) is 10.0 Å². The smallest absolute Gasteiger partial charge is 0.156 e. The van der Waals surface area contributed by atoms with E-state index in [2.05, 4.69) is 19.0 Å². The van der Waals surface area contributed by atoms with Crippen LogP contribution in [0.4, 0.5) is 0 Å². The van der Waals surface area contributed by atoms with Crippen molar-refractivity contribution in [1.29, 1.82) is 0 Å². The number of ether oxygens (including phenoxy) is 1. The van der Waals surface area contributed by atoms with Gasteiger partial charge in [-0.25, -0.2) is 0 Å². The first-order valence-electron chi connectivity index (χ1n) is 7.86. The highest BCUT2D eigenvalue weighted by Gasteiger charge is 2.25. The van der Waals surface area contributed by atoms with E-state index in [0.29, 0.717) is 28.3 Å². The average Bonchev–Trinajstić information content (AvgIpc) is 2.58. The Balaban J connectivity index is 2.32. The van der Waals surface area contributed by atoms with Gasteiger partial charge in [0.2, 0.25) is 0 Å². The normalized spacial score (nSPS) is 11.9. The molecule has 0 saturated heterocycles. The third-order valence-electron chi connectivity index (χ3n) is 4.08. The molecule has 2 rings (SSSR count). The van der Waals surface area contributed by atoms with Gasteiger partial charge in [0.05, 0.1) is 22.9 Å². The van der Waals surface area contributed by atoms with Gasteiger partial charge in [0.1, 0.15) is 0 Å². The zero-order valence-electron chi connectivity index (χ0n) is 14.1. The molecule has 0 aliphatic rings. The molecular weight excluding hydrogens is 381 g/mol. The first-order chi connectivity index (χ1) is 11.9. The predicted molar refractivity (Wildman–Crippen MR) is 105 cm³/mol. The zero-order valence-corrected chi connectivity index (χ0v) is 16.4. The summed E-state index contributed by atoms with van der Waals surface area (Å²) in [6.45, 7) is 4.66. The minimum Gasteiger partial charge on any atom is -0.490 e. The summed E-state index contributed by atoms with van der Waals surface area (Å²) in [5.74, 6) is 1.01. The Bertz CT molecular complexity index is 720. The monoisotopic (exact) mass is 399 g/mol. The number of benzene rings is 2. The van der Waals surface area contributed by atoms with Crippen LogP contribution in [0.25, 0.3) is 0 Å². The summed E-state index contributed by atoms with van der Waals surface area (Å²) in [7, 11) is 0. The van der Waals surface area contributed by atoms with E-state index in [9.17, 15) is 0 Å². The van der Waals surface area contributed by atoms with Gasteiger partial charge >= 0.3 is 0 Å². The molecule has 6 heteroatoms. The fourth-order valence-corrected chi connectivity index (χ4v) is 3.21. The number of hydrogen-bond donors (Lipinski definition) is 1. The minimum atomic E-state index is -0.309. The molecule has 0 aliphatic heterocycles. The van der Waals surface area contributed by atoms with Crippen LogP contribution in [-0.2, 0) is 5.41 Å². The lowest BCUT2D eigenvalue weighted by Crippen LogP contribution is -2.19. The molecule has 2 aromatic carbocycles. The largest absolute Gasteiger partial charge is 0.490 e. The third-order valence-corrected chi connectivity index (χ3v) is 4.91. The number of nitrogens with zero attached hydrogens (tertiary/aromatic N) is 1. The van der Waals surface area contributed by atoms with Crippen molar-refractivity contribution in [2.24, 2.45) is 5.16 Å². The van der Waals surface area contributed by atoms with Crippen LogP contribution in [0.1, 0.15) is 37.0 Å². The van der Waals surface area contributed by atoms with E-state index >= 15 is 0 Å². The van der Waals surface area contributed by atoms with Crippen molar-refractivity contribution in [3.63, 3.8) is 0 Å². The Morgan fingerprint density at radius 3 is 2.20 bits per heavy atom. The Morgan fingerprint density at radius 2 is 1.68 bits per heavy atom. The molecule has 0 unspecified atom stereocenters. The molecule has 0 atom stereocenters. The van der Waals surface area contributed by atoms with Gasteiger partial charge in [0, 0.05) is 11.3 Å². The zero-order chi connectivity index (χ0) is 18.4. The SMILES string of the molecule is CC(C)(c1ccc(C=NO)cc1)c1cc(Cl)c(OCCCCl)c(Cl)c1. The van der Waals surface area contributed by atoms with Gasteiger partial charge in [-0.05, 0) is 35.2 Å². The lowest BCUT2D eigenvalue weighted by Gasteiger charge is -2.27. The van der Waals surface area contributed by atoms with Gasteiger partial charge in [0.15, 0.2) is 5.75 Å². The van der Waals surface area contributed by atoms with Crippen molar-refractivity contribution in [1.82, 2.24) is 0 Å². The van der Waals surface area contributed by atoms with Gasteiger partial charge in [0.25, 0.3) is 0 Å².